The zero-order chi connectivity index (χ0) is 27.4. The summed E-state index contributed by atoms with van der Waals surface area (Å²) in [4.78, 5) is 47.4. The maximum atomic E-state index is 15.2. The van der Waals surface area contributed by atoms with Crippen molar-refractivity contribution in [2.75, 3.05) is 18.2 Å². The predicted octanol–water partition coefficient (Wildman–Crippen LogP) is 2.38. The molecular weight excluding hydrogens is 513 g/mol. The summed E-state index contributed by atoms with van der Waals surface area (Å²) in [7, 11) is 0. The first-order valence-electron chi connectivity index (χ1n) is 10.4. The van der Waals surface area contributed by atoms with Gasteiger partial charge in [-0.3, -0.25) is 5.01 Å². The SMILES string of the molecule is NCN1CC(/C(=C/C(=O)O)C(=O)O)=C(c2ccccc2F)c2cc(Cl)ccc2N1/C(=C/C(=O)O)C(=O)O. The minimum absolute atomic E-state index is 0.00127. The third-order valence-electron chi connectivity index (χ3n) is 5.27. The molecule has 0 amide bonds. The fourth-order valence-electron chi connectivity index (χ4n) is 3.89. The van der Waals surface area contributed by atoms with Gasteiger partial charge in [-0.1, -0.05) is 29.8 Å². The van der Waals surface area contributed by atoms with Gasteiger partial charge < -0.3 is 26.2 Å². The van der Waals surface area contributed by atoms with Crippen molar-refractivity contribution in [2.24, 2.45) is 5.73 Å². The molecule has 0 aromatic heterocycles. The number of hydrogen-bond donors (Lipinski definition) is 5. The van der Waals surface area contributed by atoms with Crippen LogP contribution < -0.4 is 10.7 Å². The normalized spacial score (nSPS) is 14.7. The highest BCUT2D eigenvalue weighted by atomic mass is 35.5. The number of aliphatic carboxylic acids is 4. The number of rotatable bonds is 8. The zero-order valence-corrected chi connectivity index (χ0v) is 19.5. The van der Waals surface area contributed by atoms with Crippen LogP contribution in [0.5, 0.6) is 0 Å². The van der Waals surface area contributed by atoms with Gasteiger partial charge in [0, 0.05) is 28.8 Å². The molecule has 1 heterocycles. The minimum Gasteiger partial charge on any atom is -0.478 e. The van der Waals surface area contributed by atoms with E-state index >= 15 is 4.39 Å². The molecule has 1 aliphatic rings. The van der Waals surface area contributed by atoms with E-state index in [1.807, 2.05) is 0 Å². The lowest BCUT2D eigenvalue weighted by molar-refractivity contribution is -0.135. The number of benzene rings is 2. The van der Waals surface area contributed by atoms with E-state index in [4.69, 9.17) is 17.3 Å². The lowest BCUT2D eigenvalue weighted by Gasteiger charge is -2.35. The van der Waals surface area contributed by atoms with Gasteiger partial charge in [-0.2, -0.15) is 5.01 Å². The Kier molecular flexibility index (Phi) is 8.07. The summed E-state index contributed by atoms with van der Waals surface area (Å²) < 4.78 is 15.2. The van der Waals surface area contributed by atoms with Crippen LogP contribution in [0.2, 0.25) is 5.02 Å². The van der Waals surface area contributed by atoms with Gasteiger partial charge in [0.2, 0.25) is 0 Å². The number of fused-ring (bicyclic) bond motifs is 1. The topological polar surface area (TPSA) is 182 Å². The Bertz CT molecular complexity index is 1400. The van der Waals surface area contributed by atoms with Crippen LogP contribution in [0.4, 0.5) is 10.1 Å². The Labute approximate surface area is 213 Å². The molecule has 0 bridgehead atoms. The number of anilines is 1. The van der Waals surface area contributed by atoms with Gasteiger partial charge in [0.25, 0.3) is 0 Å². The van der Waals surface area contributed by atoms with Crippen molar-refractivity contribution < 1.29 is 44.0 Å². The van der Waals surface area contributed by atoms with Crippen LogP contribution in [0, 0.1) is 5.82 Å². The van der Waals surface area contributed by atoms with E-state index in [-0.39, 0.29) is 33.0 Å². The largest absolute Gasteiger partial charge is 0.478 e. The van der Waals surface area contributed by atoms with E-state index in [9.17, 15) is 39.6 Å². The number of carbonyl (C=O) groups is 4. The van der Waals surface area contributed by atoms with Gasteiger partial charge >= 0.3 is 23.9 Å². The summed E-state index contributed by atoms with van der Waals surface area (Å²) in [6.45, 7) is -1.04. The number of nitrogens with two attached hydrogens (primary N) is 1. The average Bonchev–Trinajstić information content (AvgIpc) is 2.95. The van der Waals surface area contributed by atoms with Crippen LogP contribution in [0.1, 0.15) is 11.1 Å². The van der Waals surface area contributed by atoms with Crippen LogP contribution in [0.3, 0.4) is 0 Å². The van der Waals surface area contributed by atoms with Gasteiger partial charge in [0.1, 0.15) is 5.82 Å². The average molecular weight is 532 g/mol. The molecule has 0 radical (unpaired) electrons. The summed E-state index contributed by atoms with van der Waals surface area (Å²) in [6.07, 6.45) is 0.820. The molecule has 6 N–H and O–H groups in total. The number of hydrazine groups is 1. The van der Waals surface area contributed by atoms with E-state index in [1.54, 1.807) is 0 Å². The van der Waals surface area contributed by atoms with Gasteiger partial charge in [0.15, 0.2) is 5.70 Å². The minimum atomic E-state index is -1.67. The van der Waals surface area contributed by atoms with Crippen LogP contribution >= 0.6 is 11.6 Å². The van der Waals surface area contributed by atoms with E-state index in [2.05, 4.69) is 0 Å². The molecule has 0 atom stereocenters. The highest BCUT2D eigenvalue weighted by molar-refractivity contribution is 6.31. The Morgan fingerprint density at radius 1 is 0.946 bits per heavy atom. The second-order valence-electron chi connectivity index (χ2n) is 7.53. The van der Waals surface area contributed by atoms with E-state index in [1.165, 1.54) is 36.4 Å². The zero-order valence-electron chi connectivity index (χ0n) is 18.8. The molecule has 0 spiro atoms. The molecule has 11 nitrogen and oxygen atoms in total. The summed E-state index contributed by atoms with van der Waals surface area (Å²) >= 11 is 6.22. The summed E-state index contributed by atoms with van der Waals surface area (Å²) in [6, 6.07) is 9.25. The predicted molar refractivity (Wildman–Crippen MR) is 129 cm³/mol. The molecular formula is C24H19ClFN3O8. The fourth-order valence-corrected chi connectivity index (χ4v) is 4.06. The van der Waals surface area contributed by atoms with Crippen molar-refractivity contribution >= 4 is 46.7 Å². The molecule has 0 fully saturated rings. The maximum absolute atomic E-state index is 15.2. The second-order valence-corrected chi connectivity index (χ2v) is 7.96. The molecule has 0 saturated carbocycles. The number of nitrogens with zero attached hydrogens (tertiary/aromatic N) is 2. The van der Waals surface area contributed by atoms with Crippen molar-refractivity contribution in [1.82, 2.24) is 5.01 Å². The Morgan fingerprint density at radius 3 is 2.14 bits per heavy atom. The lowest BCUT2D eigenvalue weighted by Crippen LogP contribution is -2.48. The van der Waals surface area contributed by atoms with Gasteiger partial charge in [0.05, 0.1) is 24.0 Å². The summed E-state index contributed by atoms with van der Waals surface area (Å²) in [5.74, 6) is -7.35. The third kappa shape index (κ3) is 5.67. The van der Waals surface area contributed by atoms with Crippen LogP contribution in [-0.4, -0.2) is 62.5 Å². The molecule has 13 heteroatoms. The molecule has 2 aromatic rings. The molecule has 0 unspecified atom stereocenters. The molecule has 2 aromatic carbocycles. The van der Waals surface area contributed by atoms with Crippen molar-refractivity contribution in [3.8, 4) is 0 Å². The molecule has 1 aliphatic heterocycles. The highest BCUT2D eigenvalue weighted by Crippen LogP contribution is 2.43. The Hall–Kier alpha value is -4.52. The van der Waals surface area contributed by atoms with Gasteiger partial charge in [-0.15, -0.1) is 0 Å². The van der Waals surface area contributed by atoms with E-state index in [0.717, 1.165) is 16.1 Å². The molecule has 192 valence electrons. The van der Waals surface area contributed by atoms with Crippen molar-refractivity contribution in [2.45, 2.75) is 0 Å². The maximum Gasteiger partial charge on any atom is 0.354 e. The number of hydrogen-bond acceptors (Lipinski definition) is 7. The lowest BCUT2D eigenvalue weighted by atomic mass is 9.88. The first-order valence-corrected chi connectivity index (χ1v) is 10.7. The van der Waals surface area contributed by atoms with Crippen LogP contribution in [0.15, 0.2) is 71.5 Å². The smallest absolute Gasteiger partial charge is 0.354 e. The first-order chi connectivity index (χ1) is 17.5. The van der Waals surface area contributed by atoms with Crippen molar-refractivity contribution in [3.63, 3.8) is 0 Å². The third-order valence-corrected chi connectivity index (χ3v) is 5.50. The summed E-state index contributed by atoms with van der Waals surface area (Å²) in [5.41, 5.74) is 3.84. The van der Waals surface area contributed by atoms with Crippen molar-refractivity contribution in [3.05, 3.63) is 93.4 Å². The summed E-state index contributed by atoms with van der Waals surface area (Å²) in [5, 5.41) is 40.5. The van der Waals surface area contributed by atoms with Gasteiger partial charge in [-0.25, -0.2) is 23.6 Å². The molecule has 0 aliphatic carbocycles. The second kappa shape index (κ2) is 11.0. The first kappa shape index (κ1) is 27.1. The molecule has 37 heavy (non-hydrogen) atoms. The molecule has 0 saturated heterocycles. The monoisotopic (exact) mass is 531 g/mol. The fraction of sp³-hybridized carbons (Fsp3) is 0.0833. The van der Waals surface area contributed by atoms with Crippen molar-refractivity contribution in [1.29, 1.82) is 0 Å². The Morgan fingerprint density at radius 2 is 1.59 bits per heavy atom. The van der Waals surface area contributed by atoms with Gasteiger partial charge in [-0.05, 0) is 35.4 Å². The van der Waals surface area contributed by atoms with E-state index in [0.29, 0.717) is 12.2 Å². The molecule has 3 rings (SSSR count). The van der Waals surface area contributed by atoms with E-state index < -0.39 is 54.2 Å². The number of carboxylic acid groups (broad SMARTS) is 4. The number of carboxylic acids is 4. The standard InChI is InChI=1S/C24H19ClFN3O8/c25-12-5-6-18-15(7-12)22(13-3-1-2-4-17(13)26)16(14(23(34)35)8-20(30)31)10-28(11-27)29(18)19(24(36)37)9-21(32)33/h1-9H,10-11,27H2,(H,30,31)(H,32,33)(H,34,35)(H,36,37)/b14-8-,19-9+. The quantitative estimate of drug-likeness (QED) is 0.315. The number of halogens is 2. The van der Waals surface area contributed by atoms with Crippen LogP contribution in [-0.2, 0) is 19.2 Å². The Balaban J connectivity index is 2.57. The highest BCUT2D eigenvalue weighted by Gasteiger charge is 2.35. The van der Waals surface area contributed by atoms with Crippen LogP contribution in [0.25, 0.3) is 5.57 Å².